The first-order chi connectivity index (χ1) is 9.60. The second-order valence-electron chi connectivity index (χ2n) is 5.08. The van der Waals surface area contributed by atoms with E-state index in [0.717, 1.165) is 33.7 Å². The summed E-state index contributed by atoms with van der Waals surface area (Å²) in [6.07, 6.45) is 0.236. The van der Waals surface area contributed by atoms with Crippen molar-refractivity contribution >= 4 is 23.2 Å². The van der Waals surface area contributed by atoms with E-state index < -0.39 is 6.10 Å². The fourth-order valence-corrected chi connectivity index (χ4v) is 3.32. The number of nitrogens with one attached hydrogen (secondary N) is 1. The lowest BCUT2D eigenvalue weighted by Crippen LogP contribution is -2.17. The molecule has 0 aromatic heterocycles. The van der Waals surface area contributed by atoms with Crippen molar-refractivity contribution in [3.05, 3.63) is 57.1 Å². The normalized spacial score (nSPS) is 14.0. The van der Waals surface area contributed by atoms with Crippen LogP contribution in [0.3, 0.4) is 0 Å². The number of likely N-dealkylation sites (N-methyl/N-ethyl adjacent to an activating group) is 1. The van der Waals surface area contributed by atoms with Gasteiger partial charge in [-0.3, -0.25) is 0 Å². The van der Waals surface area contributed by atoms with Gasteiger partial charge in [-0.25, -0.2) is 0 Å². The van der Waals surface area contributed by atoms with Crippen LogP contribution in [0.1, 0.15) is 22.8 Å². The van der Waals surface area contributed by atoms with Crippen LogP contribution in [-0.4, -0.2) is 18.7 Å². The van der Waals surface area contributed by atoms with Crippen molar-refractivity contribution in [3.63, 3.8) is 0 Å². The highest BCUT2D eigenvalue weighted by Gasteiger charge is 2.25. The SMILES string of the molecule is CNCC(O)c1cc(Cl)cc2c1-c1ccc(Cl)cc1C2. The number of aliphatic hydroxyl groups excluding tert-OH is 1. The van der Waals surface area contributed by atoms with Crippen LogP contribution in [0, 0.1) is 0 Å². The maximum Gasteiger partial charge on any atom is 0.0920 e. The second kappa shape index (κ2) is 5.38. The van der Waals surface area contributed by atoms with E-state index in [2.05, 4.69) is 5.32 Å². The minimum absolute atomic E-state index is 0.496. The Labute approximate surface area is 128 Å². The molecule has 1 atom stereocenters. The van der Waals surface area contributed by atoms with Crippen LogP contribution < -0.4 is 5.32 Å². The topological polar surface area (TPSA) is 32.3 Å². The van der Waals surface area contributed by atoms with Gasteiger partial charge < -0.3 is 10.4 Å². The molecule has 0 saturated heterocycles. The highest BCUT2D eigenvalue weighted by atomic mass is 35.5. The quantitative estimate of drug-likeness (QED) is 0.771. The largest absolute Gasteiger partial charge is 0.387 e. The van der Waals surface area contributed by atoms with Crippen molar-refractivity contribution in [3.8, 4) is 11.1 Å². The molecule has 1 unspecified atom stereocenters. The summed E-state index contributed by atoms with van der Waals surface area (Å²) in [5, 5.41) is 14.7. The molecular formula is C16H15Cl2NO. The van der Waals surface area contributed by atoms with Gasteiger partial charge in [-0.05, 0) is 65.6 Å². The Bertz CT molecular complexity index is 670. The van der Waals surface area contributed by atoms with Gasteiger partial charge in [0.2, 0.25) is 0 Å². The minimum atomic E-state index is -0.575. The van der Waals surface area contributed by atoms with Crippen molar-refractivity contribution in [2.75, 3.05) is 13.6 Å². The zero-order valence-corrected chi connectivity index (χ0v) is 12.6. The average molecular weight is 308 g/mol. The molecular weight excluding hydrogens is 293 g/mol. The minimum Gasteiger partial charge on any atom is -0.387 e. The van der Waals surface area contributed by atoms with Crippen LogP contribution in [0.2, 0.25) is 10.0 Å². The van der Waals surface area contributed by atoms with Crippen LogP contribution in [0.25, 0.3) is 11.1 Å². The van der Waals surface area contributed by atoms with Crippen LogP contribution in [0.4, 0.5) is 0 Å². The molecule has 104 valence electrons. The van der Waals surface area contributed by atoms with E-state index in [1.165, 1.54) is 5.56 Å². The van der Waals surface area contributed by atoms with Crippen LogP contribution in [0.15, 0.2) is 30.3 Å². The maximum atomic E-state index is 10.3. The molecule has 0 spiro atoms. The molecule has 0 bridgehead atoms. The first kappa shape index (κ1) is 13.9. The molecule has 4 heteroatoms. The number of rotatable bonds is 3. The summed E-state index contributed by atoms with van der Waals surface area (Å²) in [5.41, 5.74) is 5.46. The standard InChI is InChI=1S/C16H15Cl2NO/c1-19-8-15(20)14-7-12(18)6-10-4-9-5-11(17)2-3-13(9)16(10)14/h2-3,5-7,15,19-20H,4,8H2,1H3. The van der Waals surface area contributed by atoms with E-state index in [1.54, 1.807) is 0 Å². The maximum absolute atomic E-state index is 10.3. The summed E-state index contributed by atoms with van der Waals surface area (Å²) in [4.78, 5) is 0. The Morgan fingerprint density at radius 2 is 1.90 bits per heavy atom. The highest BCUT2D eigenvalue weighted by molar-refractivity contribution is 6.31. The van der Waals surface area contributed by atoms with Crippen LogP contribution in [0.5, 0.6) is 0 Å². The fourth-order valence-electron chi connectivity index (χ4n) is 2.88. The van der Waals surface area contributed by atoms with Gasteiger partial charge in [0.1, 0.15) is 0 Å². The van der Waals surface area contributed by atoms with E-state index in [0.29, 0.717) is 11.6 Å². The number of hydrogen-bond acceptors (Lipinski definition) is 2. The Morgan fingerprint density at radius 3 is 2.65 bits per heavy atom. The van der Waals surface area contributed by atoms with Gasteiger partial charge in [-0.1, -0.05) is 29.3 Å². The third-order valence-electron chi connectivity index (χ3n) is 3.69. The molecule has 20 heavy (non-hydrogen) atoms. The number of benzene rings is 2. The van der Waals surface area contributed by atoms with Gasteiger partial charge >= 0.3 is 0 Å². The number of halogens is 2. The van der Waals surface area contributed by atoms with Crippen LogP contribution in [-0.2, 0) is 6.42 Å². The van der Waals surface area contributed by atoms with Crippen molar-refractivity contribution in [1.82, 2.24) is 5.32 Å². The third-order valence-corrected chi connectivity index (χ3v) is 4.14. The molecule has 3 rings (SSSR count). The molecule has 2 aromatic rings. The summed E-state index contributed by atoms with van der Waals surface area (Å²) < 4.78 is 0. The van der Waals surface area contributed by atoms with Crippen molar-refractivity contribution in [2.24, 2.45) is 0 Å². The van der Waals surface area contributed by atoms with Gasteiger partial charge in [0.15, 0.2) is 0 Å². The lowest BCUT2D eigenvalue weighted by molar-refractivity contribution is 0.178. The molecule has 0 radical (unpaired) electrons. The average Bonchev–Trinajstić information content (AvgIpc) is 2.74. The van der Waals surface area contributed by atoms with Crippen molar-refractivity contribution in [1.29, 1.82) is 0 Å². The van der Waals surface area contributed by atoms with Crippen molar-refractivity contribution in [2.45, 2.75) is 12.5 Å². The predicted octanol–water partition coefficient (Wildman–Crippen LogP) is 3.82. The molecule has 0 heterocycles. The second-order valence-corrected chi connectivity index (χ2v) is 5.95. The summed E-state index contributed by atoms with van der Waals surface area (Å²) in [5.74, 6) is 0. The zero-order chi connectivity index (χ0) is 14.3. The summed E-state index contributed by atoms with van der Waals surface area (Å²) in [6.45, 7) is 0.496. The Hall–Kier alpha value is -1.06. The van der Waals surface area contributed by atoms with Gasteiger partial charge in [-0.2, -0.15) is 0 Å². The van der Waals surface area contributed by atoms with Gasteiger partial charge in [0, 0.05) is 16.6 Å². The molecule has 2 N–H and O–H groups in total. The Balaban J connectivity index is 2.18. The molecule has 0 fully saturated rings. The highest BCUT2D eigenvalue weighted by Crippen LogP contribution is 2.43. The van der Waals surface area contributed by atoms with E-state index in [9.17, 15) is 5.11 Å². The first-order valence-corrected chi connectivity index (χ1v) is 7.29. The van der Waals surface area contributed by atoms with Gasteiger partial charge in [0.05, 0.1) is 6.10 Å². The number of fused-ring (bicyclic) bond motifs is 3. The van der Waals surface area contributed by atoms with E-state index in [-0.39, 0.29) is 0 Å². The third kappa shape index (κ3) is 2.33. The van der Waals surface area contributed by atoms with E-state index in [1.807, 2.05) is 37.4 Å². The molecule has 0 amide bonds. The smallest absolute Gasteiger partial charge is 0.0920 e. The summed E-state index contributed by atoms with van der Waals surface area (Å²) >= 11 is 12.3. The monoisotopic (exact) mass is 307 g/mol. The first-order valence-electron chi connectivity index (χ1n) is 6.54. The zero-order valence-electron chi connectivity index (χ0n) is 11.1. The van der Waals surface area contributed by atoms with Crippen molar-refractivity contribution < 1.29 is 5.11 Å². The Kier molecular flexibility index (Phi) is 3.74. The molecule has 2 nitrogen and oxygen atoms in total. The summed E-state index contributed by atoms with van der Waals surface area (Å²) in [7, 11) is 1.82. The van der Waals surface area contributed by atoms with E-state index in [4.69, 9.17) is 23.2 Å². The fraction of sp³-hybridized carbons (Fsp3) is 0.250. The molecule has 1 aliphatic rings. The summed E-state index contributed by atoms with van der Waals surface area (Å²) in [6, 6.07) is 9.72. The molecule has 1 aliphatic carbocycles. The van der Waals surface area contributed by atoms with Gasteiger partial charge in [-0.15, -0.1) is 0 Å². The lowest BCUT2D eigenvalue weighted by atomic mass is 9.96. The van der Waals surface area contributed by atoms with E-state index >= 15 is 0 Å². The Morgan fingerprint density at radius 1 is 1.15 bits per heavy atom. The number of aliphatic hydroxyl groups is 1. The van der Waals surface area contributed by atoms with Crippen LogP contribution >= 0.6 is 23.2 Å². The predicted molar refractivity (Wildman–Crippen MR) is 83.6 cm³/mol. The lowest BCUT2D eigenvalue weighted by Gasteiger charge is -2.16. The molecule has 2 aromatic carbocycles. The molecule has 0 saturated carbocycles. The number of hydrogen-bond donors (Lipinski definition) is 2. The van der Waals surface area contributed by atoms with Gasteiger partial charge in [0.25, 0.3) is 0 Å². The molecule has 0 aliphatic heterocycles.